The summed E-state index contributed by atoms with van der Waals surface area (Å²) in [6, 6.07) is 20.3. The first-order valence-corrected chi connectivity index (χ1v) is 11.6. The second-order valence-corrected chi connectivity index (χ2v) is 8.98. The summed E-state index contributed by atoms with van der Waals surface area (Å²) in [6.45, 7) is 2.26. The molecule has 1 N–H and O–H groups in total. The minimum Gasteiger partial charge on any atom is -0.411 e. The van der Waals surface area contributed by atoms with Gasteiger partial charge in [-0.2, -0.15) is 0 Å². The molecular formula is C26H26ClN3O6. The largest absolute Gasteiger partial charge is 0.411 e. The van der Waals surface area contributed by atoms with Crippen LogP contribution in [0, 0.1) is 26.1 Å². The number of non-ortho nitro benzene ring substituents is 2. The molecule has 1 aliphatic carbocycles. The Kier molecular flexibility index (Phi) is 9.49. The summed E-state index contributed by atoms with van der Waals surface area (Å²) >= 11 is 5.83. The van der Waals surface area contributed by atoms with Gasteiger partial charge >= 0.3 is 0 Å². The molecular weight excluding hydrogens is 486 g/mol. The molecule has 0 aromatic heterocycles. The molecule has 0 saturated heterocycles. The zero-order valence-electron chi connectivity index (χ0n) is 19.6. The average molecular weight is 512 g/mol. The summed E-state index contributed by atoms with van der Waals surface area (Å²) in [5, 5.41) is 33.9. The number of oxime groups is 1. The highest BCUT2D eigenvalue weighted by atomic mass is 35.5. The van der Waals surface area contributed by atoms with Crippen LogP contribution in [0.3, 0.4) is 0 Å². The van der Waals surface area contributed by atoms with E-state index in [1.807, 2.05) is 19.1 Å². The average Bonchev–Trinajstić information content (AvgIpc) is 3.64. The monoisotopic (exact) mass is 511 g/mol. The van der Waals surface area contributed by atoms with E-state index in [0.717, 1.165) is 17.2 Å². The molecule has 0 radical (unpaired) electrons. The topological polar surface area (TPSA) is 128 Å². The van der Waals surface area contributed by atoms with E-state index in [4.69, 9.17) is 21.5 Å². The highest BCUT2D eigenvalue weighted by Gasteiger charge is 2.38. The minimum absolute atomic E-state index is 0.00597. The van der Waals surface area contributed by atoms with Crippen molar-refractivity contribution in [3.05, 3.63) is 115 Å². The molecule has 3 aromatic carbocycles. The molecule has 0 heterocycles. The number of hydrogen-bond donors (Lipinski definition) is 1. The molecule has 0 bridgehead atoms. The summed E-state index contributed by atoms with van der Waals surface area (Å²) in [7, 11) is 0. The van der Waals surface area contributed by atoms with E-state index < -0.39 is 9.85 Å². The number of rotatable bonds is 9. The fraction of sp³-hybridized carbons (Fsp3) is 0.269. The lowest BCUT2D eigenvalue weighted by Gasteiger charge is -2.04. The van der Waals surface area contributed by atoms with Crippen LogP contribution in [-0.2, 0) is 18.0 Å². The SMILES string of the molecule is C/C(CC1CC1c1ccc(Cl)cc1)=N\O.O=[N+]([O-])c1cccc(COCc2cccc([N+](=O)[O-])c2)c1. The highest BCUT2D eigenvalue weighted by Crippen LogP contribution is 2.49. The van der Waals surface area contributed by atoms with Crippen molar-refractivity contribution in [3.8, 4) is 0 Å². The van der Waals surface area contributed by atoms with Gasteiger partial charge in [0, 0.05) is 29.3 Å². The Morgan fingerprint density at radius 1 is 0.972 bits per heavy atom. The molecule has 0 aliphatic heterocycles. The third-order valence-electron chi connectivity index (χ3n) is 5.73. The zero-order chi connectivity index (χ0) is 26.1. The fourth-order valence-corrected chi connectivity index (χ4v) is 3.94. The minimum atomic E-state index is -0.468. The number of nitrogens with zero attached hydrogens (tertiary/aromatic N) is 3. The molecule has 188 valence electrons. The lowest BCUT2D eigenvalue weighted by atomic mass is 10.1. The van der Waals surface area contributed by atoms with Crippen molar-refractivity contribution < 1.29 is 19.8 Å². The number of hydrogen-bond acceptors (Lipinski definition) is 7. The summed E-state index contributed by atoms with van der Waals surface area (Å²) in [6.07, 6.45) is 2.08. The van der Waals surface area contributed by atoms with Gasteiger partial charge < -0.3 is 9.94 Å². The van der Waals surface area contributed by atoms with E-state index in [0.29, 0.717) is 23.0 Å². The smallest absolute Gasteiger partial charge is 0.269 e. The Hall–Kier alpha value is -3.82. The second kappa shape index (κ2) is 12.8. The molecule has 4 rings (SSSR count). The van der Waals surface area contributed by atoms with Gasteiger partial charge in [-0.15, -0.1) is 0 Å². The number of ether oxygens (including phenoxy) is 1. The van der Waals surface area contributed by atoms with Gasteiger partial charge in [0.05, 0.1) is 28.8 Å². The summed E-state index contributed by atoms with van der Waals surface area (Å²) in [5.41, 5.74) is 3.52. The van der Waals surface area contributed by atoms with Crippen LogP contribution in [0.2, 0.25) is 5.02 Å². The fourth-order valence-electron chi connectivity index (χ4n) is 3.82. The molecule has 10 heteroatoms. The third kappa shape index (κ3) is 8.14. The summed E-state index contributed by atoms with van der Waals surface area (Å²) in [4.78, 5) is 20.4. The maximum atomic E-state index is 10.7. The van der Waals surface area contributed by atoms with Crippen molar-refractivity contribution in [2.45, 2.75) is 38.9 Å². The number of nitro groups is 2. The lowest BCUT2D eigenvalue weighted by Crippen LogP contribution is -1.96. The van der Waals surface area contributed by atoms with Gasteiger partial charge in [0.15, 0.2) is 0 Å². The first kappa shape index (κ1) is 26.8. The van der Waals surface area contributed by atoms with Crippen molar-refractivity contribution in [1.29, 1.82) is 0 Å². The van der Waals surface area contributed by atoms with Crippen LogP contribution < -0.4 is 0 Å². The number of benzene rings is 3. The Morgan fingerprint density at radius 3 is 1.97 bits per heavy atom. The van der Waals surface area contributed by atoms with E-state index in [2.05, 4.69) is 17.3 Å². The van der Waals surface area contributed by atoms with Gasteiger partial charge in [0.2, 0.25) is 0 Å². The molecule has 0 spiro atoms. The van der Waals surface area contributed by atoms with Gasteiger partial charge in [-0.3, -0.25) is 20.2 Å². The maximum absolute atomic E-state index is 10.7. The van der Waals surface area contributed by atoms with Crippen LogP contribution in [-0.4, -0.2) is 20.8 Å². The van der Waals surface area contributed by atoms with Crippen molar-refractivity contribution in [2.75, 3.05) is 0 Å². The zero-order valence-corrected chi connectivity index (χ0v) is 20.4. The summed E-state index contributed by atoms with van der Waals surface area (Å²) in [5.74, 6) is 1.26. The van der Waals surface area contributed by atoms with Gasteiger partial charge in [-0.05, 0) is 60.4 Å². The molecule has 2 atom stereocenters. The molecule has 2 unspecified atom stereocenters. The van der Waals surface area contributed by atoms with Crippen molar-refractivity contribution in [1.82, 2.24) is 0 Å². The Labute approximate surface area is 213 Å². The van der Waals surface area contributed by atoms with Crippen LogP contribution >= 0.6 is 11.6 Å². The summed E-state index contributed by atoms with van der Waals surface area (Å²) < 4.78 is 5.43. The van der Waals surface area contributed by atoms with Crippen molar-refractivity contribution in [3.63, 3.8) is 0 Å². The van der Waals surface area contributed by atoms with Gasteiger partial charge in [0.1, 0.15) is 0 Å². The normalized spacial score (nSPS) is 16.6. The standard InChI is InChI=1S/C14H12N2O5.C12H14ClNO/c17-15(18)13-5-1-3-11(7-13)9-21-10-12-4-2-6-14(8-12)16(19)20;1-8(14-15)6-10-7-12(10)9-2-4-11(13)5-3-9/h1-8H,9-10H2;2-5,10,12,15H,6-7H2,1H3/b;14-8+. The predicted molar refractivity (Wildman–Crippen MR) is 136 cm³/mol. The van der Waals surface area contributed by atoms with Crippen LogP contribution in [0.1, 0.15) is 42.4 Å². The maximum Gasteiger partial charge on any atom is 0.269 e. The number of halogens is 1. The van der Waals surface area contributed by atoms with Crippen molar-refractivity contribution in [2.24, 2.45) is 11.1 Å². The molecule has 3 aromatic rings. The molecule has 0 amide bonds. The van der Waals surface area contributed by atoms with Crippen LogP contribution in [0.25, 0.3) is 0 Å². The van der Waals surface area contributed by atoms with Crippen LogP contribution in [0.5, 0.6) is 0 Å². The van der Waals surface area contributed by atoms with E-state index in [9.17, 15) is 20.2 Å². The first-order chi connectivity index (χ1) is 17.3. The quantitative estimate of drug-likeness (QED) is 0.144. The van der Waals surface area contributed by atoms with Gasteiger partial charge in [-0.25, -0.2) is 0 Å². The predicted octanol–water partition coefficient (Wildman–Crippen LogP) is 6.90. The Bertz CT molecular complexity index is 1170. The van der Waals surface area contributed by atoms with Gasteiger partial charge in [-0.1, -0.05) is 53.2 Å². The molecule has 9 nitrogen and oxygen atoms in total. The molecule has 36 heavy (non-hydrogen) atoms. The van der Waals surface area contributed by atoms with Crippen molar-refractivity contribution >= 4 is 28.7 Å². The lowest BCUT2D eigenvalue weighted by molar-refractivity contribution is -0.385. The van der Waals surface area contributed by atoms with E-state index in [1.54, 1.807) is 24.3 Å². The van der Waals surface area contributed by atoms with Gasteiger partial charge in [0.25, 0.3) is 11.4 Å². The third-order valence-corrected chi connectivity index (χ3v) is 5.98. The number of nitro benzene ring substituents is 2. The van der Waals surface area contributed by atoms with Crippen LogP contribution in [0.4, 0.5) is 11.4 Å². The van der Waals surface area contributed by atoms with E-state index in [1.165, 1.54) is 36.2 Å². The molecule has 1 aliphatic rings. The molecule has 1 saturated carbocycles. The Balaban J connectivity index is 0.000000212. The first-order valence-electron chi connectivity index (χ1n) is 11.2. The van der Waals surface area contributed by atoms with E-state index >= 15 is 0 Å². The molecule has 1 fully saturated rings. The van der Waals surface area contributed by atoms with Crippen LogP contribution in [0.15, 0.2) is 78.0 Å². The second-order valence-electron chi connectivity index (χ2n) is 8.54. The Morgan fingerprint density at radius 2 is 1.50 bits per heavy atom. The highest BCUT2D eigenvalue weighted by molar-refractivity contribution is 6.30. The van der Waals surface area contributed by atoms with E-state index in [-0.39, 0.29) is 24.6 Å².